The molecule has 0 heterocycles. The van der Waals surface area contributed by atoms with Crippen LogP contribution in [0.5, 0.6) is 0 Å². The molecule has 0 aliphatic heterocycles. The number of rotatable bonds is 2. The van der Waals surface area contributed by atoms with Crippen molar-refractivity contribution in [2.24, 2.45) is 5.73 Å². The quantitative estimate of drug-likeness (QED) is 0.844. The fourth-order valence-electron chi connectivity index (χ4n) is 2.03. The Balaban J connectivity index is 2.37. The van der Waals surface area contributed by atoms with E-state index >= 15 is 0 Å². The van der Waals surface area contributed by atoms with Crippen LogP contribution in [0, 0.1) is 0 Å². The van der Waals surface area contributed by atoms with Gasteiger partial charge in [-0.3, -0.25) is 0 Å². The third-order valence-electron chi connectivity index (χ3n) is 2.65. The minimum Gasteiger partial charge on any atom is -0.330 e. The Labute approximate surface area is 87.5 Å². The average molecular weight is 240 g/mol. The highest BCUT2D eigenvalue weighted by atomic mass is 79.9. The molecular weight excluding hydrogens is 226 g/mol. The maximum atomic E-state index is 5.54. The minimum absolute atomic E-state index is 0.741. The highest BCUT2D eigenvalue weighted by molar-refractivity contribution is 9.10. The Hall–Kier alpha value is -0.340. The molecule has 2 rings (SSSR count). The molecule has 1 aliphatic rings. The molecule has 2 heteroatoms. The lowest BCUT2D eigenvalue weighted by Crippen LogP contribution is -2.03. The van der Waals surface area contributed by atoms with E-state index in [1.807, 2.05) is 0 Å². The minimum atomic E-state index is 0.741. The first-order valence-corrected chi connectivity index (χ1v) is 5.61. The summed E-state index contributed by atoms with van der Waals surface area (Å²) in [7, 11) is 0. The van der Waals surface area contributed by atoms with Crippen LogP contribution in [0.3, 0.4) is 0 Å². The molecule has 0 saturated heterocycles. The highest BCUT2D eigenvalue weighted by Crippen LogP contribution is 2.30. The van der Waals surface area contributed by atoms with E-state index in [1.165, 1.54) is 40.4 Å². The van der Waals surface area contributed by atoms with Crippen LogP contribution >= 0.6 is 15.9 Å². The molecule has 70 valence electrons. The van der Waals surface area contributed by atoms with E-state index in [0.29, 0.717) is 0 Å². The van der Waals surface area contributed by atoms with Crippen LogP contribution in [0.4, 0.5) is 0 Å². The molecule has 1 aromatic carbocycles. The number of halogens is 1. The fourth-order valence-corrected chi connectivity index (χ4v) is 2.77. The molecule has 0 atom stereocenters. The van der Waals surface area contributed by atoms with E-state index in [4.69, 9.17) is 5.73 Å². The molecule has 0 unspecified atom stereocenters. The van der Waals surface area contributed by atoms with Crippen LogP contribution in [-0.4, -0.2) is 6.54 Å². The summed E-state index contributed by atoms with van der Waals surface area (Å²) >= 11 is 3.63. The van der Waals surface area contributed by atoms with E-state index < -0.39 is 0 Å². The van der Waals surface area contributed by atoms with Gasteiger partial charge in [0.15, 0.2) is 0 Å². The summed E-state index contributed by atoms with van der Waals surface area (Å²) in [6.07, 6.45) is 4.77. The van der Waals surface area contributed by atoms with Gasteiger partial charge < -0.3 is 5.73 Å². The predicted octanol–water partition coefficient (Wildman–Crippen LogP) is 2.44. The van der Waals surface area contributed by atoms with Crippen LogP contribution in [0.15, 0.2) is 16.6 Å². The molecule has 0 aromatic heterocycles. The van der Waals surface area contributed by atoms with E-state index in [0.717, 1.165) is 13.0 Å². The van der Waals surface area contributed by atoms with Gasteiger partial charge in [0.05, 0.1) is 0 Å². The Morgan fingerprint density at radius 2 is 2.15 bits per heavy atom. The van der Waals surface area contributed by atoms with Crippen molar-refractivity contribution in [2.45, 2.75) is 25.7 Å². The van der Waals surface area contributed by atoms with Gasteiger partial charge in [-0.2, -0.15) is 0 Å². The Morgan fingerprint density at radius 1 is 1.31 bits per heavy atom. The van der Waals surface area contributed by atoms with Gasteiger partial charge in [-0.1, -0.05) is 22.0 Å². The van der Waals surface area contributed by atoms with Crippen LogP contribution in [-0.2, 0) is 19.3 Å². The van der Waals surface area contributed by atoms with Crippen molar-refractivity contribution in [1.82, 2.24) is 0 Å². The van der Waals surface area contributed by atoms with Crippen molar-refractivity contribution < 1.29 is 0 Å². The van der Waals surface area contributed by atoms with Crippen LogP contribution < -0.4 is 5.73 Å². The van der Waals surface area contributed by atoms with E-state index in [2.05, 4.69) is 28.1 Å². The maximum Gasteiger partial charge on any atom is 0.0212 e. The summed E-state index contributed by atoms with van der Waals surface area (Å²) in [5.41, 5.74) is 9.95. The first-order chi connectivity index (χ1) is 6.31. The maximum absolute atomic E-state index is 5.54. The van der Waals surface area contributed by atoms with Crippen molar-refractivity contribution in [3.05, 3.63) is 33.3 Å². The van der Waals surface area contributed by atoms with Gasteiger partial charge in [0.2, 0.25) is 0 Å². The number of hydrogen-bond donors (Lipinski definition) is 1. The SMILES string of the molecule is NCCc1cc(Br)c2c(c1)CCC2. The molecule has 1 nitrogen and oxygen atoms in total. The lowest BCUT2D eigenvalue weighted by atomic mass is 10.0. The van der Waals surface area contributed by atoms with Gasteiger partial charge in [-0.25, -0.2) is 0 Å². The predicted molar refractivity (Wildman–Crippen MR) is 58.9 cm³/mol. The van der Waals surface area contributed by atoms with E-state index in [9.17, 15) is 0 Å². The first-order valence-electron chi connectivity index (χ1n) is 4.81. The summed E-state index contributed by atoms with van der Waals surface area (Å²) in [4.78, 5) is 0. The number of benzene rings is 1. The van der Waals surface area contributed by atoms with E-state index in [1.54, 1.807) is 0 Å². The lowest BCUT2D eigenvalue weighted by molar-refractivity contribution is 0.909. The molecule has 2 N–H and O–H groups in total. The molecule has 13 heavy (non-hydrogen) atoms. The zero-order chi connectivity index (χ0) is 9.26. The molecule has 0 bridgehead atoms. The van der Waals surface area contributed by atoms with Crippen LogP contribution in [0.25, 0.3) is 0 Å². The molecule has 0 fully saturated rings. The second-order valence-corrected chi connectivity index (χ2v) is 4.46. The summed E-state index contributed by atoms with van der Waals surface area (Å²) in [6.45, 7) is 0.741. The summed E-state index contributed by atoms with van der Waals surface area (Å²) in [6, 6.07) is 4.54. The Morgan fingerprint density at radius 3 is 2.92 bits per heavy atom. The van der Waals surface area contributed by atoms with Gasteiger partial charge in [0.25, 0.3) is 0 Å². The van der Waals surface area contributed by atoms with Crippen molar-refractivity contribution in [1.29, 1.82) is 0 Å². The van der Waals surface area contributed by atoms with Gasteiger partial charge in [-0.15, -0.1) is 0 Å². The van der Waals surface area contributed by atoms with Gasteiger partial charge in [0.1, 0.15) is 0 Å². The summed E-state index contributed by atoms with van der Waals surface area (Å²) in [5, 5.41) is 0. The normalized spacial score (nSPS) is 14.6. The van der Waals surface area contributed by atoms with Crippen molar-refractivity contribution in [3.63, 3.8) is 0 Å². The highest BCUT2D eigenvalue weighted by Gasteiger charge is 2.14. The fraction of sp³-hybridized carbons (Fsp3) is 0.455. The van der Waals surface area contributed by atoms with Crippen molar-refractivity contribution in [3.8, 4) is 0 Å². The average Bonchev–Trinajstić information content (AvgIpc) is 2.53. The van der Waals surface area contributed by atoms with Gasteiger partial charge >= 0.3 is 0 Å². The third kappa shape index (κ3) is 1.79. The largest absolute Gasteiger partial charge is 0.330 e. The zero-order valence-corrected chi connectivity index (χ0v) is 9.23. The molecular formula is C11H14BrN. The second-order valence-electron chi connectivity index (χ2n) is 3.61. The zero-order valence-electron chi connectivity index (χ0n) is 7.65. The van der Waals surface area contributed by atoms with Gasteiger partial charge in [-0.05, 0) is 55.0 Å². The van der Waals surface area contributed by atoms with Gasteiger partial charge in [0, 0.05) is 4.47 Å². The number of aryl methyl sites for hydroxylation is 1. The molecule has 0 spiro atoms. The first kappa shape index (κ1) is 9.22. The molecule has 0 saturated carbocycles. The molecule has 0 radical (unpaired) electrons. The lowest BCUT2D eigenvalue weighted by Gasteiger charge is -2.06. The summed E-state index contributed by atoms with van der Waals surface area (Å²) < 4.78 is 1.28. The number of nitrogens with two attached hydrogens (primary N) is 1. The smallest absolute Gasteiger partial charge is 0.0212 e. The molecule has 1 aromatic rings. The Bertz CT molecular complexity index is 320. The number of hydrogen-bond acceptors (Lipinski definition) is 1. The second kappa shape index (κ2) is 3.81. The monoisotopic (exact) mass is 239 g/mol. The Kier molecular flexibility index (Phi) is 2.70. The van der Waals surface area contributed by atoms with E-state index in [-0.39, 0.29) is 0 Å². The standard InChI is InChI=1S/C11H14BrN/c12-11-7-8(4-5-13)6-9-2-1-3-10(9)11/h6-7H,1-5,13H2. The summed E-state index contributed by atoms with van der Waals surface area (Å²) in [5.74, 6) is 0. The van der Waals surface area contributed by atoms with Crippen molar-refractivity contribution >= 4 is 15.9 Å². The van der Waals surface area contributed by atoms with Crippen molar-refractivity contribution in [2.75, 3.05) is 6.54 Å². The van der Waals surface area contributed by atoms with Crippen LogP contribution in [0.1, 0.15) is 23.1 Å². The van der Waals surface area contributed by atoms with Crippen LogP contribution in [0.2, 0.25) is 0 Å². The topological polar surface area (TPSA) is 26.0 Å². The molecule has 1 aliphatic carbocycles. The number of fused-ring (bicyclic) bond motifs is 1. The third-order valence-corrected chi connectivity index (χ3v) is 3.36. The molecule has 0 amide bonds.